The van der Waals surface area contributed by atoms with Crippen LogP contribution in [0.25, 0.3) is 22.3 Å². The van der Waals surface area contributed by atoms with E-state index in [1.807, 2.05) is 12.1 Å². The minimum absolute atomic E-state index is 0.0295. The Labute approximate surface area is 386 Å². The molecule has 0 radical (unpaired) electrons. The van der Waals surface area contributed by atoms with E-state index < -0.39 is 53.8 Å². The third-order valence-electron chi connectivity index (χ3n) is 11.9. The number of carboxylic acid groups (broad SMARTS) is 1. The number of rotatable bonds is 20. The van der Waals surface area contributed by atoms with Gasteiger partial charge >= 0.3 is 5.97 Å². The van der Waals surface area contributed by atoms with Crippen molar-refractivity contribution in [1.29, 1.82) is 0 Å². The summed E-state index contributed by atoms with van der Waals surface area (Å²) < 4.78 is 0. The maximum Gasteiger partial charge on any atom is 0.326 e. The molecule has 4 bridgehead atoms. The number of aliphatic carboxylic acids is 1. The first-order chi connectivity index (χ1) is 31.7. The zero-order valence-electron chi connectivity index (χ0n) is 38.1. The molecule has 1 heterocycles. The average Bonchev–Trinajstić information content (AvgIpc) is 3.30. The molecule has 9 N–H and O–H groups in total. The number of amides is 5. The van der Waals surface area contributed by atoms with Gasteiger partial charge in [-0.25, -0.2) is 4.79 Å². The van der Waals surface area contributed by atoms with Gasteiger partial charge in [-0.1, -0.05) is 94.0 Å². The predicted molar refractivity (Wildman–Crippen MR) is 252 cm³/mol. The Morgan fingerprint density at radius 1 is 0.788 bits per heavy atom. The number of nitrogens with one attached hydrogen (secondary N) is 4. The summed E-state index contributed by atoms with van der Waals surface area (Å²) in [5, 5.41) is 42.2. The molecule has 1 aliphatic rings. The Balaban J connectivity index is 1.24. The summed E-state index contributed by atoms with van der Waals surface area (Å²) >= 11 is 0. The van der Waals surface area contributed by atoms with Gasteiger partial charge in [0.1, 0.15) is 35.7 Å². The first-order valence-electron chi connectivity index (χ1n) is 22.9. The molecule has 5 rings (SSSR count). The summed E-state index contributed by atoms with van der Waals surface area (Å²) in [6.07, 6.45) is 10.1. The van der Waals surface area contributed by atoms with E-state index in [0.717, 1.165) is 22.4 Å². The SMILES string of the molecule is CCCCCCCCCc1ccc(-c2ccc(C(=O)NCCC(=O)N[C@@H](CCCN)C(=O)N(C)C3C(=O)N[C@@H](C)C(=O)N[C@H](C(=O)O)Cc4ccc(O)c(c4)-c4cc3ccc4O)cc2)cc1. The zero-order chi connectivity index (χ0) is 47.8. The molecule has 4 aromatic rings. The number of carbonyl (C=O) groups is 6. The number of phenolic OH excluding ortho intramolecular Hbond substituents is 2. The van der Waals surface area contributed by atoms with E-state index >= 15 is 0 Å². The molecular formula is C51H64N6O9. The fourth-order valence-electron chi connectivity index (χ4n) is 8.08. The van der Waals surface area contributed by atoms with Crippen molar-refractivity contribution in [2.24, 2.45) is 5.73 Å². The summed E-state index contributed by atoms with van der Waals surface area (Å²) in [4.78, 5) is 81.3. The van der Waals surface area contributed by atoms with Gasteiger partial charge in [-0.2, -0.15) is 0 Å². The number of hydrogen-bond donors (Lipinski definition) is 8. The van der Waals surface area contributed by atoms with Crippen LogP contribution in [0.2, 0.25) is 0 Å². The number of aromatic hydroxyl groups is 2. The Kier molecular flexibility index (Phi) is 18.7. The molecule has 15 nitrogen and oxygen atoms in total. The molecule has 0 aliphatic carbocycles. The highest BCUT2D eigenvalue weighted by Gasteiger charge is 2.36. The van der Waals surface area contributed by atoms with Gasteiger partial charge in [0.2, 0.25) is 23.6 Å². The highest BCUT2D eigenvalue weighted by Crippen LogP contribution is 2.39. The molecule has 15 heteroatoms. The highest BCUT2D eigenvalue weighted by molar-refractivity contribution is 5.97. The van der Waals surface area contributed by atoms with Gasteiger partial charge in [-0.15, -0.1) is 0 Å². The lowest BCUT2D eigenvalue weighted by molar-refractivity contribution is -0.143. The normalized spacial score (nSPS) is 16.5. The topological polar surface area (TPSA) is 240 Å². The van der Waals surface area contributed by atoms with E-state index in [4.69, 9.17) is 5.73 Å². The van der Waals surface area contributed by atoms with Crippen LogP contribution in [0.3, 0.4) is 0 Å². The molecule has 0 saturated carbocycles. The van der Waals surface area contributed by atoms with Gasteiger partial charge < -0.3 is 47.2 Å². The average molecular weight is 905 g/mol. The van der Waals surface area contributed by atoms with E-state index in [1.54, 1.807) is 12.1 Å². The van der Waals surface area contributed by atoms with Gasteiger partial charge in [0, 0.05) is 43.1 Å². The van der Waals surface area contributed by atoms with Crippen molar-refractivity contribution in [3.8, 4) is 33.8 Å². The number of benzene rings is 4. The molecular weight excluding hydrogens is 841 g/mol. The molecule has 0 saturated heterocycles. The third-order valence-corrected chi connectivity index (χ3v) is 11.9. The maximum absolute atomic E-state index is 14.3. The van der Waals surface area contributed by atoms with Crippen LogP contribution in [0, 0.1) is 0 Å². The van der Waals surface area contributed by atoms with Crippen molar-refractivity contribution in [1.82, 2.24) is 26.2 Å². The number of nitrogens with two attached hydrogens (primary N) is 1. The quantitative estimate of drug-likeness (QED) is 0.0489. The Bertz CT molecular complexity index is 2320. The van der Waals surface area contributed by atoms with Gasteiger partial charge in [0.15, 0.2) is 0 Å². The molecule has 1 aliphatic heterocycles. The molecule has 4 aromatic carbocycles. The summed E-state index contributed by atoms with van der Waals surface area (Å²) in [5.41, 5.74) is 10.4. The van der Waals surface area contributed by atoms with Gasteiger partial charge in [-0.05, 0) is 103 Å². The molecule has 352 valence electrons. The van der Waals surface area contributed by atoms with Crippen molar-refractivity contribution >= 4 is 35.5 Å². The minimum Gasteiger partial charge on any atom is -0.507 e. The number of nitrogens with zero attached hydrogens (tertiary/aromatic N) is 1. The van der Waals surface area contributed by atoms with Crippen molar-refractivity contribution in [3.05, 3.63) is 107 Å². The van der Waals surface area contributed by atoms with E-state index in [1.165, 1.54) is 101 Å². The molecule has 1 unspecified atom stereocenters. The number of phenols is 2. The van der Waals surface area contributed by atoms with Crippen molar-refractivity contribution in [3.63, 3.8) is 0 Å². The van der Waals surface area contributed by atoms with E-state index in [9.17, 15) is 44.1 Å². The second-order valence-electron chi connectivity index (χ2n) is 17.0. The van der Waals surface area contributed by atoms with Crippen molar-refractivity contribution in [2.75, 3.05) is 20.1 Å². The summed E-state index contributed by atoms with van der Waals surface area (Å²) in [7, 11) is 1.35. The number of likely N-dealkylation sites (N-methyl/N-ethyl adjacent to an activating group) is 1. The van der Waals surface area contributed by atoms with Crippen LogP contribution in [-0.4, -0.2) is 94.0 Å². The summed E-state index contributed by atoms with van der Waals surface area (Å²) in [5.74, 6) is -5.05. The van der Waals surface area contributed by atoms with Crippen molar-refractivity contribution in [2.45, 2.75) is 115 Å². The zero-order valence-corrected chi connectivity index (χ0v) is 38.1. The summed E-state index contributed by atoms with van der Waals surface area (Å²) in [6, 6.07) is 18.9. The number of hydrogen-bond acceptors (Lipinski definition) is 9. The Hall–Kier alpha value is -6.74. The van der Waals surface area contributed by atoms with Crippen LogP contribution in [0.15, 0.2) is 84.9 Å². The standard InChI is InChI=1S/C51H64N6O9/c1-4-5-6-7-8-9-10-12-33-14-17-35(18-15-33)36-19-21-37(22-20-36)48(62)53-28-26-45(60)55-41(13-11-27-52)50(64)57(3)46-38-23-25-44(59)40(31-38)39-29-34(16-24-43(39)58)30-42(51(65)66)56-47(61)32(2)54-49(46)63/h14-25,29,31-32,41-42,46,58-59H,4-13,26-28,30,52H2,1-3H3,(H,53,62)(H,54,63)(H,55,60)(H,56,61)(H,65,66)/t32-,41-,42-,46?/m0/s1. The fourth-order valence-corrected chi connectivity index (χ4v) is 8.08. The van der Waals surface area contributed by atoms with Gasteiger partial charge in [0.25, 0.3) is 5.91 Å². The lowest BCUT2D eigenvalue weighted by Gasteiger charge is -2.32. The van der Waals surface area contributed by atoms with Crippen LogP contribution >= 0.6 is 0 Å². The van der Waals surface area contributed by atoms with Crippen LogP contribution in [0.4, 0.5) is 0 Å². The third kappa shape index (κ3) is 13.9. The van der Waals surface area contributed by atoms with Gasteiger partial charge in [-0.3, -0.25) is 24.0 Å². The second kappa shape index (κ2) is 24.5. The number of fused-ring (bicyclic) bond motifs is 5. The minimum atomic E-state index is -1.45. The fraction of sp³-hybridized carbons (Fsp3) is 0.412. The molecule has 4 atom stereocenters. The first-order valence-corrected chi connectivity index (χ1v) is 22.9. The van der Waals surface area contributed by atoms with Crippen LogP contribution in [0.5, 0.6) is 11.5 Å². The van der Waals surface area contributed by atoms with Crippen molar-refractivity contribution < 1.29 is 44.1 Å². The van der Waals surface area contributed by atoms with E-state index in [-0.39, 0.29) is 66.4 Å². The van der Waals surface area contributed by atoms with E-state index in [0.29, 0.717) is 17.5 Å². The molecule has 0 spiro atoms. The Morgan fingerprint density at radius 2 is 1.41 bits per heavy atom. The molecule has 66 heavy (non-hydrogen) atoms. The molecule has 0 aromatic heterocycles. The summed E-state index contributed by atoms with van der Waals surface area (Å²) in [6.45, 7) is 3.76. The number of unbranched alkanes of at least 4 members (excludes halogenated alkanes) is 6. The smallest absolute Gasteiger partial charge is 0.326 e. The lowest BCUT2D eigenvalue weighted by Crippen LogP contribution is -2.55. The second-order valence-corrected chi connectivity index (χ2v) is 17.0. The number of carboxylic acids is 1. The van der Waals surface area contributed by atoms with Crippen LogP contribution < -0.4 is 27.0 Å². The van der Waals surface area contributed by atoms with Crippen LogP contribution in [0.1, 0.15) is 111 Å². The monoisotopic (exact) mass is 904 g/mol. The molecule has 5 amide bonds. The molecule has 0 fully saturated rings. The predicted octanol–water partition coefficient (Wildman–Crippen LogP) is 5.90. The lowest BCUT2D eigenvalue weighted by atomic mass is 9.93. The first kappa shape index (κ1) is 50.3. The number of carbonyl (C=O) groups excluding carboxylic acids is 5. The van der Waals surface area contributed by atoms with Crippen LogP contribution in [-0.2, 0) is 36.8 Å². The van der Waals surface area contributed by atoms with E-state index in [2.05, 4.69) is 52.5 Å². The largest absolute Gasteiger partial charge is 0.507 e. The van der Waals surface area contributed by atoms with Gasteiger partial charge in [0.05, 0.1) is 0 Å². The Morgan fingerprint density at radius 3 is 2.06 bits per heavy atom. The maximum atomic E-state index is 14.3. The highest BCUT2D eigenvalue weighted by atomic mass is 16.4. The number of aryl methyl sites for hydroxylation is 1.